The number of rotatable bonds is 2. The Kier molecular flexibility index (Phi) is 3.58. The molecule has 1 aliphatic carbocycles. The van der Waals surface area contributed by atoms with Gasteiger partial charge in [0.1, 0.15) is 5.82 Å². The molecule has 2 fully saturated rings. The van der Waals surface area contributed by atoms with E-state index in [9.17, 15) is 13.2 Å². The van der Waals surface area contributed by atoms with Gasteiger partial charge in [-0.2, -0.15) is 13.2 Å². The van der Waals surface area contributed by atoms with Crippen LogP contribution in [0.5, 0.6) is 0 Å². The molecule has 0 atom stereocenters. The van der Waals surface area contributed by atoms with E-state index in [0.29, 0.717) is 19.1 Å². The minimum Gasteiger partial charge on any atom is -0.354 e. The number of hydrogen-bond donors (Lipinski definition) is 0. The molecule has 6 heteroatoms. The van der Waals surface area contributed by atoms with Crippen molar-refractivity contribution >= 4 is 5.82 Å². The van der Waals surface area contributed by atoms with Crippen molar-refractivity contribution in [3.05, 3.63) is 23.9 Å². The van der Waals surface area contributed by atoms with Crippen molar-refractivity contribution in [3.8, 4) is 0 Å². The predicted molar refractivity (Wildman–Crippen MR) is 70.7 cm³/mol. The van der Waals surface area contributed by atoms with Gasteiger partial charge in [0, 0.05) is 38.4 Å². The molecule has 110 valence electrons. The number of nitrogens with zero attached hydrogens (tertiary/aromatic N) is 3. The van der Waals surface area contributed by atoms with E-state index < -0.39 is 11.7 Å². The summed E-state index contributed by atoms with van der Waals surface area (Å²) in [5.74, 6) is 0.0771. The standard InChI is InChI=1S/C14H18F3N3/c15-14(16,17)12-5-2-6-18-13(12)20-9-7-19(8-10-20)11-3-1-4-11/h2,5-6,11H,1,3-4,7-10H2. The minimum atomic E-state index is -4.34. The maximum atomic E-state index is 13.0. The van der Waals surface area contributed by atoms with E-state index in [1.165, 1.54) is 31.5 Å². The number of pyridine rings is 1. The highest BCUT2D eigenvalue weighted by Crippen LogP contribution is 2.35. The Bertz CT molecular complexity index is 463. The van der Waals surface area contributed by atoms with Gasteiger partial charge >= 0.3 is 6.18 Å². The molecule has 0 radical (unpaired) electrons. The SMILES string of the molecule is FC(F)(F)c1cccnc1N1CCN(C2CCC2)CC1. The number of piperazine rings is 1. The first-order chi connectivity index (χ1) is 9.55. The van der Waals surface area contributed by atoms with Gasteiger partial charge in [-0.3, -0.25) is 4.90 Å². The lowest BCUT2D eigenvalue weighted by atomic mass is 9.91. The average Bonchev–Trinajstić information content (AvgIpc) is 2.37. The van der Waals surface area contributed by atoms with Gasteiger partial charge in [0.2, 0.25) is 0 Å². The average molecular weight is 285 g/mol. The molecule has 0 aromatic carbocycles. The van der Waals surface area contributed by atoms with Crippen LogP contribution in [0.1, 0.15) is 24.8 Å². The Morgan fingerprint density at radius 2 is 1.80 bits per heavy atom. The van der Waals surface area contributed by atoms with Crippen LogP contribution in [0.2, 0.25) is 0 Å². The second-order valence-corrected chi connectivity index (χ2v) is 5.48. The van der Waals surface area contributed by atoms with Crippen LogP contribution in [0.25, 0.3) is 0 Å². The summed E-state index contributed by atoms with van der Waals surface area (Å²) in [6.45, 7) is 2.91. The summed E-state index contributed by atoms with van der Waals surface area (Å²) in [6.07, 6.45) is 0.843. The second-order valence-electron chi connectivity index (χ2n) is 5.48. The van der Waals surface area contributed by atoms with E-state index in [0.717, 1.165) is 19.2 Å². The molecule has 1 aromatic heterocycles. The Hall–Kier alpha value is -1.30. The third-order valence-corrected chi connectivity index (χ3v) is 4.30. The van der Waals surface area contributed by atoms with Gasteiger partial charge in [-0.1, -0.05) is 6.42 Å². The molecule has 3 rings (SSSR count). The zero-order valence-electron chi connectivity index (χ0n) is 11.2. The molecule has 0 N–H and O–H groups in total. The normalized spacial score (nSPS) is 21.9. The summed E-state index contributed by atoms with van der Waals surface area (Å²) >= 11 is 0. The van der Waals surface area contributed by atoms with Gasteiger partial charge in [0.25, 0.3) is 0 Å². The van der Waals surface area contributed by atoms with Crippen LogP contribution < -0.4 is 4.90 Å². The fourth-order valence-electron chi connectivity index (χ4n) is 2.92. The van der Waals surface area contributed by atoms with E-state index in [1.807, 2.05) is 0 Å². The quantitative estimate of drug-likeness (QED) is 0.833. The van der Waals surface area contributed by atoms with Crippen LogP contribution in [0, 0.1) is 0 Å². The van der Waals surface area contributed by atoms with Crippen molar-refractivity contribution < 1.29 is 13.2 Å². The van der Waals surface area contributed by atoms with Crippen molar-refractivity contribution in [1.82, 2.24) is 9.88 Å². The largest absolute Gasteiger partial charge is 0.419 e. The molecule has 1 saturated carbocycles. The lowest BCUT2D eigenvalue weighted by molar-refractivity contribution is -0.137. The molecule has 1 aliphatic heterocycles. The smallest absolute Gasteiger partial charge is 0.354 e. The van der Waals surface area contributed by atoms with Crippen molar-refractivity contribution in [1.29, 1.82) is 0 Å². The summed E-state index contributed by atoms with van der Waals surface area (Å²) < 4.78 is 39.0. The van der Waals surface area contributed by atoms with Gasteiger partial charge in [0.15, 0.2) is 0 Å². The molecule has 2 aliphatic rings. The topological polar surface area (TPSA) is 19.4 Å². The van der Waals surface area contributed by atoms with Gasteiger partial charge < -0.3 is 4.90 Å². The van der Waals surface area contributed by atoms with Crippen molar-refractivity contribution in [2.75, 3.05) is 31.1 Å². The summed E-state index contributed by atoms with van der Waals surface area (Å²) in [5.41, 5.74) is -0.628. The predicted octanol–water partition coefficient (Wildman–Crippen LogP) is 2.77. The van der Waals surface area contributed by atoms with Crippen LogP contribution in [0.4, 0.5) is 19.0 Å². The van der Waals surface area contributed by atoms with Crippen molar-refractivity contribution in [2.24, 2.45) is 0 Å². The lowest BCUT2D eigenvalue weighted by Crippen LogP contribution is -2.52. The molecule has 20 heavy (non-hydrogen) atoms. The highest BCUT2D eigenvalue weighted by Gasteiger charge is 2.36. The summed E-state index contributed by atoms with van der Waals surface area (Å²) in [6, 6.07) is 3.11. The van der Waals surface area contributed by atoms with E-state index in [4.69, 9.17) is 0 Å². The molecular formula is C14H18F3N3. The maximum absolute atomic E-state index is 13.0. The number of hydrogen-bond acceptors (Lipinski definition) is 3. The monoisotopic (exact) mass is 285 g/mol. The summed E-state index contributed by atoms with van der Waals surface area (Å²) in [4.78, 5) is 8.12. The molecule has 0 amide bonds. The van der Waals surface area contributed by atoms with Crippen molar-refractivity contribution in [2.45, 2.75) is 31.5 Å². The summed E-state index contributed by atoms with van der Waals surface area (Å²) in [7, 11) is 0. The van der Waals surface area contributed by atoms with Crippen LogP contribution in [-0.4, -0.2) is 42.1 Å². The van der Waals surface area contributed by atoms with Gasteiger partial charge in [-0.05, 0) is 25.0 Å². The molecule has 1 aromatic rings. The summed E-state index contributed by atoms with van der Waals surface area (Å²) in [5, 5.41) is 0. The first-order valence-electron chi connectivity index (χ1n) is 7.07. The zero-order valence-corrected chi connectivity index (χ0v) is 11.2. The number of alkyl halides is 3. The van der Waals surface area contributed by atoms with Crippen LogP contribution in [0.15, 0.2) is 18.3 Å². The van der Waals surface area contributed by atoms with Crippen LogP contribution >= 0.6 is 0 Å². The van der Waals surface area contributed by atoms with Gasteiger partial charge in [-0.25, -0.2) is 4.98 Å². The third-order valence-electron chi connectivity index (χ3n) is 4.30. The fourth-order valence-corrected chi connectivity index (χ4v) is 2.92. The molecule has 1 saturated heterocycles. The number of halogens is 3. The Labute approximate surface area is 116 Å². The molecule has 0 spiro atoms. The minimum absolute atomic E-state index is 0.0771. The van der Waals surface area contributed by atoms with Gasteiger partial charge in [0.05, 0.1) is 5.56 Å². The Balaban J connectivity index is 1.71. The molecular weight excluding hydrogens is 267 g/mol. The van der Waals surface area contributed by atoms with Gasteiger partial charge in [-0.15, -0.1) is 0 Å². The zero-order chi connectivity index (χ0) is 14.2. The first kappa shape index (κ1) is 13.7. The molecule has 2 heterocycles. The van der Waals surface area contributed by atoms with E-state index in [1.54, 1.807) is 4.90 Å². The van der Waals surface area contributed by atoms with Crippen LogP contribution in [-0.2, 0) is 6.18 Å². The Morgan fingerprint density at radius 1 is 1.10 bits per heavy atom. The van der Waals surface area contributed by atoms with E-state index in [-0.39, 0.29) is 5.82 Å². The number of anilines is 1. The fraction of sp³-hybridized carbons (Fsp3) is 0.643. The Morgan fingerprint density at radius 3 is 2.35 bits per heavy atom. The molecule has 0 bridgehead atoms. The second kappa shape index (κ2) is 5.24. The lowest BCUT2D eigenvalue weighted by Gasteiger charge is -2.43. The van der Waals surface area contributed by atoms with E-state index >= 15 is 0 Å². The number of aromatic nitrogens is 1. The molecule has 3 nitrogen and oxygen atoms in total. The first-order valence-corrected chi connectivity index (χ1v) is 7.07. The maximum Gasteiger partial charge on any atom is 0.419 e. The molecule has 0 unspecified atom stereocenters. The van der Waals surface area contributed by atoms with Crippen LogP contribution in [0.3, 0.4) is 0 Å². The highest BCUT2D eigenvalue weighted by molar-refractivity contribution is 5.48. The van der Waals surface area contributed by atoms with Crippen molar-refractivity contribution in [3.63, 3.8) is 0 Å². The third kappa shape index (κ3) is 2.61. The van der Waals surface area contributed by atoms with E-state index in [2.05, 4.69) is 9.88 Å². The highest BCUT2D eigenvalue weighted by atomic mass is 19.4.